The number of rotatable bonds is 6. The molecule has 2 aliphatic rings. The van der Waals surface area contributed by atoms with Gasteiger partial charge in [0.25, 0.3) is 0 Å². The minimum Gasteiger partial charge on any atom is -0.393 e. The van der Waals surface area contributed by atoms with Gasteiger partial charge in [0.05, 0.1) is 12.7 Å². The van der Waals surface area contributed by atoms with Crippen LogP contribution < -0.4 is 0 Å². The Morgan fingerprint density at radius 3 is 2.67 bits per heavy atom. The number of ether oxygens (including phenoxy) is 1. The van der Waals surface area contributed by atoms with E-state index in [0.29, 0.717) is 6.04 Å². The molecule has 2 atom stereocenters. The van der Waals surface area contributed by atoms with E-state index in [4.69, 9.17) is 4.74 Å². The molecule has 15 heavy (non-hydrogen) atoms. The molecule has 1 N–H and O–H groups in total. The Bertz CT molecular complexity index is 194. The van der Waals surface area contributed by atoms with Gasteiger partial charge in [-0.1, -0.05) is 0 Å². The molecule has 0 spiro atoms. The number of aliphatic hydroxyl groups is 1. The Balaban J connectivity index is 1.53. The zero-order valence-electron chi connectivity index (χ0n) is 9.69. The zero-order chi connectivity index (χ0) is 10.7. The van der Waals surface area contributed by atoms with Crippen molar-refractivity contribution >= 4 is 0 Å². The molecule has 2 aliphatic carbocycles. The quantitative estimate of drug-likeness (QED) is 0.674. The molecule has 0 aromatic rings. The molecular weight excluding hydrogens is 190 g/mol. The van der Waals surface area contributed by atoms with Crippen molar-refractivity contribution in [2.24, 2.45) is 5.92 Å². The summed E-state index contributed by atoms with van der Waals surface area (Å²) in [5.41, 5.74) is 0. The lowest BCUT2D eigenvalue weighted by Gasteiger charge is -2.23. The summed E-state index contributed by atoms with van der Waals surface area (Å²) in [7, 11) is 2.14. The van der Waals surface area contributed by atoms with Gasteiger partial charge in [-0.25, -0.2) is 0 Å². The molecule has 0 heterocycles. The van der Waals surface area contributed by atoms with Gasteiger partial charge in [-0.05, 0) is 45.1 Å². The van der Waals surface area contributed by atoms with Crippen LogP contribution in [0, 0.1) is 5.92 Å². The number of hydrogen-bond donors (Lipinski definition) is 1. The van der Waals surface area contributed by atoms with E-state index in [2.05, 4.69) is 11.9 Å². The Labute approximate surface area is 92.4 Å². The highest BCUT2D eigenvalue weighted by molar-refractivity contribution is 4.81. The van der Waals surface area contributed by atoms with Gasteiger partial charge < -0.3 is 14.7 Å². The van der Waals surface area contributed by atoms with Crippen LogP contribution in [0.2, 0.25) is 0 Å². The standard InChI is InChI=1S/C12H23NO2/c1-13(11-4-5-12(14)8-11)6-7-15-9-10-2-3-10/h10-12,14H,2-9H2,1H3. The molecule has 0 aromatic carbocycles. The average Bonchev–Trinajstić information content (AvgIpc) is 2.94. The summed E-state index contributed by atoms with van der Waals surface area (Å²) in [5, 5.41) is 9.44. The van der Waals surface area contributed by atoms with Crippen LogP contribution in [-0.2, 0) is 4.74 Å². The van der Waals surface area contributed by atoms with Crippen molar-refractivity contribution in [1.29, 1.82) is 0 Å². The lowest BCUT2D eigenvalue weighted by atomic mass is 10.2. The third-order valence-electron chi connectivity index (χ3n) is 3.64. The van der Waals surface area contributed by atoms with E-state index in [-0.39, 0.29) is 6.10 Å². The summed E-state index contributed by atoms with van der Waals surface area (Å²) in [6.07, 6.45) is 5.72. The number of likely N-dealkylation sites (N-methyl/N-ethyl adjacent to an activating group) is 1. The van der Waals surface area contributed by atoms with Crippen LogP contribution in [0.25, 0.3) is 0 Å². The smallest absolute Gasteiger partial charge is 0.0593 e. The van der Waals surface area contributed by atoms with Crippen LogP contribution in [0.1, 0.15) is 32.1 Å². The fraction of sp³-hybridized carbons (Fsp3) is 1.00. The first-order valence-electron chi connectivity index (χ1n) is 6.21. The van der Waals surface area contributed by atoms with Gasteiger partial charge in [0.15, 0.2) is 0 Å². The maximum absolute atomic E-state index is 9.44. The van der Waals surface area contributed by atoms with Crippen molar-refractivity contribution in [3.63, 3.8) is 0 Å². The van der Waals surface area contributed by atoms with E-state index in [0.717, 1.165) is 44.9 Å². The molecular formula is C12H23NO2. The predicted molar refractivity (Wildman–Crippen MR) is 59.8 cm³/mol. The van der Waals surface area contributed by atoms with Crippen molar-refractivity contribution < 1.29 is 9.84 Å². The largest absolute Gasteiger partial charge is 0.393 e. The van der Waals surface area contributed by atoms with Crippen molar-refractivity contribution in [1.82, 2.24) is 4.90 Å². The minimum atomic E-state index is -0.0650. The van der Waals surface area contributed by atoms with E-state index in [1.54, 1.807) is 0 Å². The molecule has 0 bridgehead atoms. The van der Waals surface area contributed by atoms with E-state index in [1.807, 2.05) is 0 Å². The SMILES string of the molecule is CN(CCOCC1CC1)C1CCC(O)C1. The first-order chi connectivity index (χ1) is 7.25. The maximum atomic E-state index is 9.44. The van der Waals surface area contributed by atoms with Gasteiger partial charge in [-0.15, -0.1) is 0 Å². The molecule has 3 nitrogen and oxygen atoms in total. The summed E-state index contributed by atoms with van der Waals surface area (Å²) < 4.78 is 5.61. The summed E-state index contributed by atoms with van der Waals surface area (Å²) in [4.78, 5) is 2.34. The Morgan fingerprint density at radius 2 is 2.07 bits per heavy atom. The van der Waals surface area contributed by atoms with Crippen LogP contribution in [0.4, 0.5) is 0 Å². The van der Waals surface area contributed by atoms with Gasteiger partial charge >= 0.3 is 0 Å². The molecule has 2 saturated carbocycles. The van der Waals surface area contributed by atoms with Crippen LogP contribution in [0.3, 0.4) is 0 Å². The Hall–Kier alpha value is -0.120. The Morgan fingerprint density at radius 1 is 1.27 bits per heavy atom. The number of aliphatic hydroxyl groups excluding tert-OH is 1. The molecule has 0 aromatic heterocycles. The van der Waals surface area contributed by atoms with E-state index < -0.39 is 0 Å². The molecule has 3 heteroatoms. The molecule has 2 unspecified atom stereocenters. The third-order valence-corrected chi connectivity index (χ3v) is 3.64. The van der Waals surface area contributed by atoms with Gasteiger partial charge in [0.1, 0.15) is 0 Å². The third kappa shape index (κ3) is 3.74. The lowest BCUT2D eigenvalue weighted by molar-refractivity contribution is 0.0884. The van der Waals surface area contributed by atoms with Gasteiger partial charge in [-0.3, -0.25) is 0 Å². The average molecular weight is 213 g/mol. The van der Waals surface area contributed by atoms with Gasteiger partial charge in [0.2, 0.25) is 0 Å². The number of hydrogen-bond acceptors (Lipinski definition) is 3. The van der Waals surface area contributed by atoms with Crippen LogP contribution in [0.5, 0.6) is 0 Å². The Kier molecular flexibility index (Phi) is 4.00. The highest BCUT2D eigenvalue weighted by Crippen LogP contribution is 2.28. The van der Waals surface area contributed by atoms with Crippen LogP contribution >= 0.6 is 0 Å². The topological polar surface area (TPSA) is 32.7 Å². The highest BCUT2D eigenvalue weighted by atomic mass is 16.5. The van der Waals surface area contributed by atoms with E-state index in [1.165, 1.54) is 12.8 Å². The summed E-state index contributed by atoms with van der Waals surface area (Å²) >= 11 is 0. The van der Waals surface area contributed by atoms with E-state index in [9.17, 15) is 5.11 Å². The van der Waals surface area contributed by atoms with Crippen LogP contribution in [-0.4, -0.2) is 49.0 Å². The fourth-order valence-corrected chi connectivity index (χ4v) is 2.26. The van der Waals surface area contributed by atoms with Crippen molar-refractivity contribution in [3.05, 3.63) is 0 Å². The minimum absolute atomic E-state index is 0.0650. The molecule has 0 saturated heterocycles. The van der Waals surface area contributed by atoms with E-state index >= 15 is 0 Å². The monoisotopic (exact) mass is 213 g/mol. The number of nitrogens with zero attached hydrogens (tertiary/aromatic N) is 1. The zero-order valence-corrected chi connectivity index (χ0v) is 9.69. The molecule has 0 radical (unpaired) electrons. The molecule has 0 amide bonds. The summed E-state index contributed by atoms with van der Waals surface area (Å²) in [5.74, 6) is 0.864. The normalized spacial score (nSPS) is 31.4. The molecule has 0 aliphatic heterocycles. The molecule has 2 fully saturated rings. The summed E-state index contributed by atoms with van der Waals surface area (Å²) in [6.45, 7) is 2.81. The van der Waals surface area contributed by atoms with Gasteiger partial charge in [0, 0.05) is 19.2 Å². The highest BCUT2D eigenvalue weighted by Gasteiger charge is 2.26. The predicted octanol–water partition coefficient (Wildman–Crippen LogP) is 1.26. The van der Waals surface area contributed by atoms with Gasteiger partial charge in [-0.2, -0.15) is 0 Å². The fourth-order valence-electron chi connectivity index (χ4n) is 2.26. The van der Waals surface area contributed by atoms with Crippen molar-refractivity contribution in [2.75, 3.05) is 26.8 Å². The first-order valence-corrected chi connectivity index (χ1v) is 6.21. The van der Waals surface area contributed by atoms with Crippen molar-refractivity contribution in [2.45, 2.75) is 44.2 Å². The second-order valence-corrected chi connectivity index (χ2v) is 5.12. The molecule has 2 rings (SSSR count). The van der Waals surface area contributed by atoms with Crippen molar-refractivity contribution in [3.8, 4) is 0 Å². The van der Waals surface area contributed by atoms with Crippen LogP contribution in [0.15, 0.2) is 0 Å². The maximum Gasteiger partial charge on any atom is 0.0593 e. The second kappa shape index (κ2) is 5.28. The second-order valence-electron chi connectivity index (χ2n) is 5.12. The lowest BCUT2D eigenvalue weighted by Crippen LogP contribution is -2.33. The summed E-state index contributed by atoms with van der Waals surface area (Å²) in [6, 6.07) is 0.574. The molecule has 88 valence electrons. The first kappa shape index (κ1) is 11.4.